The van der Waals surface area contributed by atoms with Crippen LogP contribution >= 0.6 is 0 Å². The van der Waals surface area contributed by atoms with Crippen LogP contribution < -0.4 is 4.90 Å². The molecular formula is C45H28N2O2. The molecule has 0 saturated heterocycles. The summed E-state index contributed by atoms with van der Waals surface area (Å²) in [5, 5.41) is 6.75. The van der Waals surface area contributed by atoms with Gasteiger partial charge in [-0.15, -0.1) is 0 Å². The summed E-state index contributed by atoms with van der Waals surface area (Å²) in [6, 6.07) is 59.3. The third-order valence-electron chi connectivity index (χ3n) is 9.48. The lowest BCUT2D eigenvalue weighted by molar-refractivity contribution is 0.620. The van der Waals surface area contributed by atoms with Gasteiger partial charge in [0.05, 0.1) is 11.4 Å². The molecule has 2 aromatic heterocycles. The number of fused-ring (bicyclic) bond motifs is 6. The number of aromatic nitrogens is 1. The van der Waals surface area contributed by atoms with Crippen LogP contribution in [0.3, 0.4) is 0 Å². The molecule has 0 bridgehead atoms. The van der Waals surface area contributed by atoms with Crippen LogP contribution in [-0.4, -0.2) is 4.98 Å². The first-order valence-corrected chi connectivity index (χ1v) is 16.5. The fourth-order valence-corrected chi connectivity index (χ4v) is 7.28. The molecule has 0 amide bonds. The second-order valence-electron chi connectivity index (χ2n) is 12.3. The van der Waals surface area contributed by atoms with E-state index in [2.05, 4.69) is 138 Å². The summed E-state index contributed by atoms with van der Waals surface area (Å²) >= 11 is 0. The minimum absolute atomic E-state index is 0.577. The number of para-hydroxylation sites is 3. The first-order chi connectivity index (χ1) is 24.3. The third-order valence-corrected chi connectivity index (χ3v) is 9.48. The highest BCUT2D eigenvalue weighted by Crippen LogP contribution is 2.46. The van der Waals surface area contributed by atoms with Crippen molar-refractivity contribution in [2.24, 2.45) is 0 Å². The minimum Gasteiger partial charge on any atom is -0.454 e. The number of rotatable bonds is 5. The molecule has 8 aromatic carbocycles. The molecule has 0 N–H and O–H groups in total. The van der Waals surface area contributed by atoms with Gasteiger partial charge in [-0.3, -0.25) is 0 Å². The first-order valence-electron chi connectivity index (χ1n) is 16.5. The van der Waals surface area contributed by atoms with Crippen LogP contribution in [0, 0.1) is 0 Å². The molecule has 10 aromatic rings. The average molecular weight is 629 g/mol. The Balaban J connectivity index is 1.23. The zero-order valence-corrected chi connectivity index (χ0v) is 26.4. The molecule has 0 saturated carbocycles. The Bertz CT molecular complexity index is 2820. The van der Waals surface area contributed by atoms with Gasteiger partial charge in [-0.1, -0.05) is 121 Å². The lowest BCUT2D eigenvalue weighted by Crippen LogP contribution is -2.11. The zero-order valence-electron chi connectivity index (χ0n) is 26.4. The maximum Gasteiger partial charge on any atom is 0.228 e. The first kappa shape index (κ1) is 27.5. The van der Waals surface area contributed by atoms with Crippen molar-refractivity contribution in [2.45, 2.75) is 0 Å². The SMILES string of the molecule is c1cc(-c2cccc3ccccc23)cc(N(c2cccc3ccccc23)c2cccc3c2oc2cccc(-c4nc5ccccc5o4)c23)c1. The summed E-state index contributed by atoms with van der Waals surface area (Å²) in [5.74, 6) is 0.577. The predicted octanol–water partition coefficient (Wildman–Crippen LogP) is 12.8. The smallest absolute Gasteiger partial charge is 0.228 e. The van der Waals surface area contributed by atoms with E-state index in [4.69, 9.17) is 13.8 Å². The Kier molecular flexibility index (Phi) is 6.15. The lowest BCUT2D eigenvalue weighted by Gasteiger charge is -2.27. The molecular weight excluding hydrogens is 601 g/mol. The van der Waals surface area contributed by atoms with E-state index in [1.807, 2.05) is 36.4 Å². The highest BCUT2D eigenvalue weighted by molar-refractivity contribution is 6.16. The number of oxazole rings is 1. The Morgan fingerprint density at radius 3 is 1.98 bits per heavy atom. The highest BCUT2D eigenvalue weighted by Gasteiger charge is 2.23. The zero-order chi connectivity index (χ0) is 32.3. The molecule has 4 nitrogen and oxygen atoms in total. The van der Waals surface area contributed by atoms with Gasteiger partial charge in [0.1, 0.15) is 11.1 Å². The van der Waals surface area contributed by atoms with Crippen molar-refractivity contribution in [1.82, 2.24) is 4.98 Å². The van der Waals surface area contributed by atoms with Crippen molar-refractivity contribution in [3.8, 4) is 22.6 Å². The normalized spacial score (nSPS) is 11.7. The summed E-state index contributed by atoms with van der Waals surface area (Å²) in [5.41, 5.74) is 9.47. The summed E-state index contributed by atoms with van der Waals surface area (Å²) in [6.07, 6.45) is 0. The summed E-state index contributed by atoms with van der Waals surface area (Å²) in [7, 11) is 0. The quantitative estimate of drug-likeness (QED) is 0.190. The number of nitrogens with zero attached hydrogens (tertiary/aromatic N) is 2. The van der Waals surface area contributed by atoms with Gasteiger partial charge in [-0.2, -0.15) is 0 Å². The van der Waals surface area contributed by atoms with Crippen LogP contribution in [0.1, 0.15) is 0 Å². The fourth-order valence-electron chi connectivity index (χ4n) is 7.28. The number of anilines is 3. The van der Waals surface area contributed by atoms with Crippen LogP contribution in [-0.2, 0) is 0 Å². The van der Waals surface area contributed by atoms with Gasteiger partial charge in [0.15, 0.2) is 11.2 Å². The van der Waals surface area contributed by atoms with Crippen LogP contribution in [0.2, 0.25) is 0 Å². The summed E-state index contributed by atoms with van der Waals surface area (Å²) < 4.78 is 13.1. The Hall–Kier alpha value is -6.65. The van der Waals surface area contributed by atoms with Crippen LogP contribution in [0.5, 0.6) is 0 Å². The van der Waals surface area contributed by atoms with Crippen LogP contribution in [0.25, 0.3) is 77.2 Å². The third kappa shape index (κ3) is 4.42. The standard InChI is InChI=1S/C45H28N2O2/c1-3-18-33-29(12-1)14-8-20-34(33)31-16-7-17-32(28-31)47(39-24-9-15-30-13-2-4-19-35(30)39)40-25-10-21-36-43-37(22-11-27-42(43)48-44(36)40)45-46-38-23-5-6-26-41(38)49-45/h1-28H. The van der Waals surface area contributed by atoms with E-state index in [0.717, 1.165) is 66.6 Å². The second-order valence-corrected chi connectivity index (χ2v) is 12.3. The molecule has 0 fully saturated rings. The van der Waals surface area contributed by atoms with E-state index in [0.29, 0.717) is 5.89 Å². The summed E-state index contributed by atoms with van der Waals surface area (Å²) in [4.78, 5) is 7.18. The van der Waals surface area contributed by atoms with Gasteiger partial charge in [0.25, 0.3) is 0 Å². The number of benzene rings is 8. The molecule has 0 unspecified atom stereocenters. The van der Waals surface area contributed by atoms with Crippen molar-refractivity contribution in [2.75, 3.05) is 4.90 Å². The van der Waals surface area contributed by atoms with Gasteiger partial charge < -0.3 is 13.7 Å². The fraction of sp³-hybridized carbons (Fsp3) is 0. The van der Waals surface area contributed by atoms with Crippen molar-refractivity contribution in [3.05, 3.63) is 170 Å². The molecule has 230 valence electrons. The van der Waals surface area contributed by atoms with Gasteiger partial charge in [0.2, 0.25) is 5.89 Å². The van der Waals surface area contributed by atoms with Gasteiger partial charge in [-0.05, 0) is 75.8 Å². The molecule has 0 aliphatic rings. The monoisotopic (exact) mass is 628 g/mol. The maximum atomic E-state index is 6.82. The highest BCUT2D eigenvalue weighted by atomic mass is 16.3. The maximum absolute atomic E-state index is 6.82. The topological polar surface area (TPSA) is 42.4 Å². The van der Waals surface area contributed by atoms with Crippen molar-refractivity contribution >= 4 is 71.6 Å². The van der Waals surface area contributed by atoms with Crippen LogP contribution in [0.4, 0.5) is 17.1 Å². The molecule has 0 atom stereocenters. The predicted molar refractivity (Wildman–Crippen MR) is 202 cm³/mol. The minimum atomic E-state index is 0.577. The number of furan rings is 1. The van der Waals surface area contributed by atoms with E-state index < -0.39 is 0 Å². The van der Waals surface area contributed by atoms with Gasteiger partial charge >= 0.3 is 0 Å². The van der Waals surface area contributed by atoms with E-state index in [1.54, 1.807) is 0 Å². The average Bonchev–Trinajstić information content (AvgIpc) is 3.78. The Morgan fingerprint density at radius 1 is 0.449 bits per heavy atom. The van der Waals surface area contributed by atoms with Gasteiger partial charge in [0, 0.05) is 27.4 Å². The van der Waals surface area contributed by atoms with Crippen molar-refractivity contribution in [3.63, 3.8) is 0 Å². The summed E-state index contributed by atoms with van der Waals surface area (Å²) in [6.45, 7) is 0. The van der Waals surface area contributed by atoms with Crippen molar-refractivity contribution in [1.29, 1.82) is 0 Å². The number of hydrogen-bond acceptors (Lipinski definition) is 4. The van der Waals surface area contributed by atoms with E-state index >= 15 is 0 Å². The van der Waals surface area contributed by atoms with Crippen molar-refractivity contribution < 1.29 is 8.83 Å². The molecule has 4 heteroatoms. The Labute approximate surface area is 282 Å². The molecule has 2 heterocycles. The molecule has 10 rings (SSSR count). The molecule has 49 heavy (non-hydrogen) atoms. The van der Waals surface area contributed by atoms with E-state index in [9.17, 15) is 0 Å². The van der Waals surface area contributed by atoms with Crippen LogP contribution in [0.15, 0.2) is 179 Å². The molecule has 0 radical (unpaired) electrons. The molecule has 0 spiro atoms. The second kappa shape index (κ2) is 11.0. The molecule has 0 aliphatic carbocycles. The van der Waals surface area contributed by atoms with E-state index in [1.165, 1.54) is 21.7 Å². The van der Waals surface area contributed by atoms with E-state index in [-0.39, 0.29) is 0 Å². The lowest BCUT2D eigenvalue weighted by atomic mass is 9.97. The Morgan fingerprint density at radius 2 is 1.08 bits per heavy atom. The molecule has 0 aliphatic heterocycles. The number of hydrogen-bond donors (Lipinski definition) is 0. The largest absolute Gasteiger partial charge is 0.454 e. The van der Waals surface area contributed by atoms with Gasteiger partial charge in [-0.25, -0.2) is 4.98 Å².